The van der Waals surface area contributed by atoms with Crippen LogP contribution >= 0.6 is 0 Å². The van der Waals surface area contributed by atoms with Crippen molar-refractivity contribution >= 4 is 5.97 Å². The Hall–Kier alpha value is -2.37. The van der Waals surface area contributed by atoms with Crippen LogP contribution in [0.25, 0.3) is 0 Å². The summed E-state index contributed by atoms with van der Waals surface area (Å²) < 4.78 is 18.1. The number of ether oxygens (including phenoxy) is 1. The minimum atomic E-state index is -1.14. The molecule has 0 saturated heterocycles. The number of hydrogen-bond donors (Lipinski definition) is 2. The van der Waals surface area contributed by atoms with Crippen molar-refractivity contribution in [1.29, 1.82) is 0 Å². The van der Waals surface area contributed by atoms with E-state index in [2.05, 4.69) is 9.97 Å². The van der Waals surface area contributed by atoms with Gasteiger partial charge >= 0.3 is 5.97 Å². The number of imidazole rings is 1. The Morgan fingerprint density at radius 3 is 3.06 bits per heavy atom. The van der Waals surface area contributed by atoms with Crippen LogP contribution in [-0.4, -0.2) is 21.0 Å². The van der Waals surface area contributed by atoms with Crippen LogP contribution < -0.4 is 4.74 Å². The molecule has 88 valence electrons. The van der Waals surface area contributed by atoms with Crippen LogP contribution in [0, 0.1) is 5.82 Å². The molecule has 0 atom stereocenters. The monoisotopic (exact) mass is 236 g/mol. The van der Waals surface area contributed by atoms with Crippen LogP contribution in [0.5, 0.6) is 5.75 Å². The van der Waals surface area contributed by atoms with Crippen molar-refractivity contribution in [2.24, 2.45) is 0 Å². The molecule has 0 aliphatic rings. The summed E-state index contributed by atoms with van der Waals surface area (Å²) in [5.74, 6) is -1.22. The lowest BCUT2D eigenvalue weighted by Crippen LogP contribution is -2.05. The van der Waals surface area contributed by atoms with E-state index in [4.69, 9.17) is 9.84 Å². The summed E-state index contributed by atoms with van der Waals surface area (Å²) in [6, 6.07) is 5.61. The second kappa shape index (κ2) is 4.65. The number of carbonyl (C=O) groups is 1. The lowest BCUT2D eigenvalue weighted by molar-refractivity contribution is 0.0688. The molecule has 0 saturated carbocycles. The first-order chi connectivity index (χ1) is 8.16. The van der Waals surface area contributed by atoms with Crippen LogP contribution in [0.1, 0.15) is 16.2 Å². The zero-order valence-electron chi connectivity index (χ0n) is 8.68. The molecule has 2 N–H and O–H groups in total. The van der Waals surface area contributed by atoms with Crippen molar-refractivity contribution < 1.29 is 19.0 Å². The fourth-order valence-corrected chi connectivity index (χ4v) is 1.33. The molecule has 0 radical (unpaired) electrons. The number of carboxylic acids is 1. The number of H-pyrrole nitrogens is 1. The third-order valence-corrected chi connectivity index (χ3v) is 2.10. The van der Waals surface area contributed by atoms with Crippen LogP contribution in [0.4, 0.5) is 4.39 Å². The maximum atomic E-state index is 12.8. The summed E-state index contributed by atoms with van der Waals surface area (Å²) in [5, 5.41) is 8.80. The molecule has 1 aromatic carbocycles. The summed E-state index contributed by atoms with van der Waals surface area (Å²) >= 11 is 0. The number of nitrogens with one attached hydrogen (secondary N) is 1. The van der Waals surface area contributed by atoms with Gasteiger partial charge in [0.1, 0.15) is 18.2 Å². The molecule has 1 aromatic heterocycles. The smallest absolute Gasteiger partial charge is 0.356 e. The molecule has 17 heavy (non-hydrogen) atoms. The molecule has 0 spiro atoms. The molecule has 2 rings (SSSR count). The van der Waals surface area contributed by atoms with E-state index in [9.17, 15) is 9.18 Å². The zero-order valence-corrected chi connectivity index (χ0v) is 8.68. The van der Waals surface area contributed by atoms with E-state index in [-0.39, 0.29) is 12.3 Å². The minimum absolute atomic E-state index is 0.00884. The number of aromatic amines is 1. The summed E-state index contributed by atoms with van der Waals surface area (Å²) in [6.45, 7) is -0.00884. The highest BCUT2D eigenvalue weighted by atomic mass is 19.1. The predicted molar refractivity (Wildman–Crippen MR) is 56.3 cm³/mol. The average Bonchev–Trinajstić information content (AvgIpc) is 2.74. The third kappa shape index (κ3) is 2.60. The lowest BCUT2D eigenvalue weighted by Gasteiger charge is -2.05. The predicted octanol–water partition coefficient (Wildman–Crippen LogP) is 1.83. The van der Waals surface area contributed by atoms with Crippen LogP contribution in [0.15, 0.2) is 30.6 Å². The summed E-state index contributed by atoms with van der Waals surface area (Å²) in [5.41, 5.74) is 0.239. The number of halogens is 1. The van der Waals surface area contributed by atoms with Gasteiger partial charge in [-0.3, -0.25) is 0 Å². The Balaban J connectivity index is 2.07. The summed E-state index contributed by atoms with van der Waals surface area (Å²) in [6.07, 6.45) is 1.27. The summed E-state index contributed by atoms with van der Waals surface area (Å²) in [7, 11) is 0. The van der Waals surface area contributed by atoms with Gasteiger partial charge in [-0.15, -0.1) is 0 Å². The maximum absolute atomic E-state index is 12.8. The fraction of sp³-hybridized carbons (Fsp3) is 0.0909. The SMILES string of the molecule is O=C(O)c1nc[nH]c1COc1cccc(F)c1. The number of aromatic carboxylic acids is 1. The molecular weight excluding hydrogens is 227 g/mol. The molecule has 0 bridgehead atoms. The van der Waals surface area contributed by atoms with Crippen molar-refractivity contribution in [2.45, 2.75) is 6.61 Å². The van der Waals surface area contributed by atoms with E-state index in [0.29, 0.717) is 11.4 Å². The van der Waals surface area contributed by atoms with E-state index in [1.165, 1.54) is 24.5 Å². The Morgan fingerprint density at radius 1 is 1.53 bits per heavy atom. The normalized spacial score (nSPS) is 10.2. The molecule has 2 aromatic rings. The van der Waals surface area contributed by atoms with Crippen LogP contribution in [-0.2, 0) is 6.61 Å². The number of rotatable bonds is 4. The molecule has 6 heteroatoms. The van der Waals surface area contributed by atoms with E-state index in [1.807, 2.05) is 0 Å². The van der Waals surface area contributed by atoms with Gasteiger partial charge in [-0.05, 0) is 12.1 Å². The Morgan fingerprint density at radius 2 is 2.35 bits per heavy atom. The van der Waals surface area contributed by atoms with E-state index in [1.54, 1.807) is 6.07 Å². The topological polar surface area (TPSA) is 75.2 Å². The highest BCUT2D eigenvalue weighted by Gasteiger charge is 2.13. The lowest BCUT2D eigenvalue weighted by atomic mass is 10.3. The van der Waals surface area contributed by atoms with E-state index in [0.717, 1.165) is 0 Å². The average molecular weight is 236 g/mol. The highest BCUT2D eigenvalue weighted by Crippen LogP contribution is 2.14. The van der Waals surface area contributed by atoms with Gasteiger partial charge in [0.15, 0.2) is 5.69 Å². The molecular formula is C11H9FN2O3. The highest BCUT2D eigenvalue weighted by molar-refractivity contribution is 5.86. The Kier molecular flexibility index (Phi) is 3.04. The Labute approximate surface area is 95.9 Å². The molecule has 1 heterocycles. The second-order valence-corrected chi connectivity index (χ2v) is 3.28. The van der Waals surface area contributed by atoms with E-state index >= 15 is 0 Å². The van der Waals surface area contributed by atoms with Gasteiger partial charge < -0.3 is 14.8 Å². The summed E-state index contributed by atoms with van der Waals surface area (Å²) in [4.78, 5) is 17.0. The van der Waals surface area contributed by atoms with Gasteiger partial charge in [-0.1, -0.05) is 6.07 Å². The zero-order chi connectivity index (χ0) is 12.3. The first-order valence-electron chi connectivity index (χ1n) is 4.80. The van der Waals surface area contributed by atoms with Crippen molar-refractivity contribution in [3.63, 3.8) is 0 Å². The molecule has 0 fully saturated rings. The first-order valence-corrected chi connectivity index (χ1v) is 4.80. The number of nitrogens with zero attached hydrogens (tertiary/aromatic N) is 1. The largest absolute Gasteiger partial charge is 0.487 e. The maximum Gasteiger partial charge on any atom is 0.356 e. The number of benzene rings is 1. The fourth-order valence-electron chi connectivity index (χ4n) is 1.33. The number of carboxylic acid groups (broad SMARTS) is 1. The molecule has 0 aliphatic carbocycles. The van der Waals surface area contributed by atoms with Gasteiger partial charge in [0.05, 0.1) is 12.0 Å². The number of hydrogen-bond acceptors (Lipinski definition) is 3. The van der Waals surface area contributed by atoms with Gasteiger partial charge in [0.2, 0.25) is 0 Å². The molecule has 0 amide bonds. The molecule has 0 unspecified atom stereocenters. The van der Waals surface area contributed by atoms with Gasteiger partial charge in [0.25, 0.3) is 0 Å². The Bertz CT molecular complexity index is 539. The molecule has 0 aliphatic heterocycles. The van der Waals surface area contributed by atoms with Gasteiger partial charge in [0, 0.05) is 6.07 Å². The molecule has 5 nitrogen and oxygen atoms in total. The van der Waals surface area contributed by atoms with Gasteiger partial charge in [-0.2, -0.15) is 0 Å². The van der Waals surface area contributed by atoms with Crippen molar-refractivity contribution in [2.75, 3.05) is 0 Å². The second-order valence-electron chi connectivity index (χ2n) is 3.28. The third-order valence-electron chi connectivity index (χ3n) is 2.10. The quantitative estimate of drug-likeness (QED) is 0.849. The standard InChI is InChI=1S/C11H9FN2O3/c12-7-2-1-3-8(4-7)17-5-9-10(11(15)16)14-6-13-9/h1-4,6H,5H2,(H,13,14)(H,15,16). The van der Waals surface area contributed by atoms with Crippen molar-refractivity contribution in [1.82, 2.24) is 9.97 Å². The minimum Gasteiger partial charge on any atom is -0.487 e. The number of aromatic nitrogens is 2. The van der Waals surface area contributed by atoms with Crippen molar-refractivity contribution in [3.8, 4) is 5.75 Å². The van der Waals surface area contributed by atoms with Crippen LogP contribution in [0.2, 0.25) is 0 Å². The van der Waals surface area contributed by atoms with E-state index < -0.39 is 11.8 Å². The van der Waals surface area contributed by atoms with Gasteiger partial charge in [-0.25, -0.2) is 14.2 Å². The van der Waals surface area contributed by atoms with Crippen molar-refractivity contribution in [3.05, 3.63) is 47.8 Å². The van der Waals surface area contributed by atoms with Crippen LogP contribution in [0.3, 0.4) is 0 Å². The first kappa shape index (κ1) is 11.1.